The first-order chi connectivity index (χ1) is 14.7. The van der Waals surface area contributed by atoms with Gasteiger partial charge in [0.2, 0.25) is 0 Å². The molecule has 0 fully saturated rings. The zero-order valence-electron chi connectivity index (χ0n) is 16.8. The Balaban J connectivity index is 1.69. The number of carbonyl (C=O) groups is 1. The van der Waals surface area contributed by atoms with Crippen LogP contribution in [0.1, 0.15) is 30.2 Å². The number of carbonyl (C=O) groups excluding carboxylic acids is 1. The fourth-order valence-electron chi connectivity index (χ4n) is 3.06. The zero-order chi connectivity index (χ0) is 22.2. The van der Waals surface area contributed by atoms with Gasteiger partial charge in [-0.1, -0.05) is 35.3 Å². The number of nitrogens with one attached hydrogen (secondary N) is 2. The largest absolute Gasteiger partial charge is 0.386 e. The number of hydrogen-bond donors (Lipinski definition) is 3. The number of aliphatic hydroxyl groups is 1. The summed E-state index contributed by atoms with van der Waals surface area (Å²) in [6, 6.07) is 5.41. The third-order valence-corrected chi connectivity index (χ3v) is 5.52. The number of amides is 1. The van der Waals surface area contributed by atoms with Crippen molar-refractivity contribution in [1.29, 1.82) is 0 Å². The van der Waals surface area contributed by atoms with Gasteiger partial charge in [-0.15, -0.1) is 0 Å². The molecule has 1 aromatic carbocycles. The average Bonchev–Trinajstić information content (AvgIpc) is 2.76. The Morgan fingerprint density at radius 2 is 1.90 bits per heavy atom. The highest BCUT2D eigenvalue weighted by Gasteiger charge is 2.21. The summed E-state index contributed by atoms with van der Waals surface area (Å²) in [5, 5.41) is 16.7. The maximum Gasteiger partial charge on any atom is 0.275 e. The SMILES string of the molecule is CC(C)(O)c1ncc(-c2ccc3nc(C(=O)NC4=CNCC=C4)c(Cl)c(Cl)c3c2)cn1. The quantitative estimate of drug-likeness (QED) is 0.550. The van der Waals surface area contributed by atoms with Gasteiger partial charge in [-0.2, -0.15) is 0 Å². The van der Waals surface area contributed by atoms with E-state index in [-0.39, 0.29) is 15.7 Å². The molecule has 1 aliphatic rings. The molecule has 0 atom stereocenters. The second-order valence-electron chi connectivity index (χ2n) is 7.54. The van der Waals surface area contributed by atoms with Gasteiger partial charge in [0.1, 0.15) is 11.3 Å². The van der Waals surface area contributed by atoms with E-state index in [1.54, 1.807) is 44.6 Å². The van der Waals surface area contributed by atoms with Crippen molar-refractivity contribution >= 4 is 40.0 Å². The summed E-state index contributed by atoms with van der Waals surface area (Å²) < 4.78 is 0. The van der Waals surface area contributed by atoms with Crippen LogP contribution >= 0.6 is 23.2 Å². The predicted molar refractivity (Wildman–Crippen MR) is 121 cm³/mol. The number of hydrogen-bond acceptors (Lipinski definition) is 6. The Labute approximate surface area is 188 Å². The molecule has 1 amide bonds. The molecular formula is C22H19Cl2N5O2. The van der Waals surface area contributed by atoms with Gasteiger partial charge >= 0.3 is 0 Å². The lowest BCUT2D eigenvalue weighted by Crippen LogP contribution is -2.26. The first kappa shape index (κ1) is 21.2. The molecule has 0 bridgehead atoms. The molecule has 4 rings (SSSR count). The van der Waals surface area contributed by atoms with E-state index >= 15 is 0 Å². The highest BCUT2D eigenvalue weighted by molar-refractivity contribution is 6.46. The number of allylic oxidation sites excluding steroid dienone is 1. The van der Waals surface area contributed by atoms with Gasteiger partial charge in [0.05, 0.1) is 21.3 Å². The molecule has 2 aromatic heterocycles. The van der Waals surface area contributed by atoms with E-state index in [4.69, 9.17) is 23.2 Å². The van der Waals surface area contributed by atoms with E-state index in [1.807, 2.05) is 18.2 Å². The molecule has 3 N–H and O–H groups in total. The summed E-state index contributed by atoms with van der Waals surface area (Å²) in [5.74, 6) is -0.123. The molecule has 3 aromatic rings. The summed E-state index contributed by atoms with van der Waals surface area (Å²) in [7, 11) is 0. The van der Waals surface area contributed by atoms with Gasteiger partial charge in [-0.25, -0.2) is 15.0 Å². The van der Waals surface area contributed by atoms with Crippen LogP contribution in [0, 0.1) is 0 Å². The van der Waals surface area contributed by atoms with Gasteiger partial charge in [-0.05, 0) is 37.6 Å². The van der Waals surface area contributed by atoms with Crippen molar-refractivity contribution in [3.63, 3.8) is 0 Å². The molecule has 0 aliphatic carbocycles. The van der Waals surface area contributed by atoms with Crippen LogP contribution in [0.15, 0.2) is 54.6 Å². The smallest absolute Gasteiger partial charge is 0.275 e. The molecule has 0 spiro atoms. The van der Waals surface area contributed by atoms with Gasteiger partial charge in [-0.3, -0.25) is 4.79 Å². The fourth-order valence-corrected chi connectivity index (χ4v) is 3.53. The molecule has 7 nitrogen and oxygen atoms in total. The molecule has 158 valence electrons. The number of benzene rings is 1. The first-order valence-corrected chi connectivity index (χ1v) is 10.2. The average molecular weight is 456 g/mol. The van der Waals surface area contributed by atoms with Crippen molar-refractivity contribution in [2.24, 2.45) is 0 Å². The molecule has 3 heterocycles. The van der Waals surface area contributed by atoms with E-state index in [2.05, 4.69) is 25.6 Å². The van der Waals surface area contributed by atoms with Crippen molar-refractivity contribution in [1.82, 2.24) is 25.6 Å². The maximum absolute atomic E-state index is 12.7. The third-order valence-electron chi connectivity index (χ3n) is 4.66. The minimum atomic E-state index is -1.13. The van der Waals surface area contributed by atoms with Crippen LogP contribution in [0.3, 0.4) is 0 Å². The Morgan fingerprint density at radius 1 is 1.16 bits per heavy atom. The maximum atomic E-state index is 12.7. The normalized spacial score (nSPS) is 13.6. The Morgan fingerprint density at radius 3 is 2.55 bits per heavy atom. The van der Waals surface area contributed by atoms with Crippen molar-refractivity contribution in [2.75, 3.05) is 6.54 Å². The van der Waals surface area contributed by atoms with Gasteiger partial charge in [0.15, 0.2) is 5.82 Å². The van der Waals surface area contributed by atoms with Crippen molar-refractivity contribution in [3.8, 4) is 11.1 Å². The first-order valence-electron chi connectivity index (χ1n) is 9.49. The monoisotopic (exact) mass is 455 g/mol. The summed E-state index contributed by atoms with van der Waals surface area (Å²) in [4.78, 5) is 25.6. The third kappa shape index (κ3) is 4.39. The summed E-state index contributed by atoms with van der Waals surface area (Å²) in [6.07, 6.45) is 8.64. The van der Waals surface area contributed by atoms with E-state index in [9.17, 15) is 9.90 Å². The number of rotatable bonds is 4. The zero-order valence-corrected chi connectivity index (χ0v) is 18.3. The fraction of sp³-hybridized carbons (Fsp3) is 0.182. The molecule has 0 radical (unpaired) electrons. The van der Waals surface area contributed by atoms with E-state index < -0.39 is 11.5 Å². The molecule has 1 aliphatic heterocycles. The van der Waals surface area contributed by atoms with Crippen molar-refractivity contribution in [2.45, 2.75) is 19.4 Å². The number of pyridine rings is 1. The van der Waals surface area contributed by atoms with Gasteiger partial charge in [0, 0.05) is 36.1 Å². The Hall–Kier alpha value is -3.00. The molecule has 31 heavy (non-hydrogen) atoms. The number of dihydropyridines is 1. The highest BCUT2D eigenvalue weighted by Crippen LogP contribution is 2.34. The van der Waals surface area contributed by atoms with Gasteiger partial charge < -0.3 is 15.7 Å². The van der Waals surface area contributed by atoms with Crippen LogP contribution in [-0.4, -0.2) is 32.5 Å². The number of fused-ring (bicyclic) bond motifs is 1. The standard InChI is InChI=1S/C22H19Cl2N5O2/c1-22(2,31)21-26-9-13(10-27-21)12-5-6-16-15(8-12)17(23)18(24)19(29-16)20(30)28-14-4-3-7-25-11-14/h3-6,8-11,25,31H,7H2,1-2H3,(H,28,30). The number of aromatic nitrogens is 3. The minimum Gasteiger partial charge on any atom is -0.386 e. The topological polar surface area (TPSA) is 100 Å². The van der Waals surface area contributed by atoms with Crippen LogP contribution in [0.25, 0.3) is 22.0 Å². The Kier molecular flexibility index (Phi) is 5.66. The molecule has 0 saturated heterocycles. The lowest BCUT2D eigenvalue weighted by atomic mass is 10.0. The van der Waals surface area contributed by atoms with Crippen LogP contribution in [0.4, 0.5) is 0 Å². The molecule has 0 saturated carbocycles. The van der Waals surface area contributed by atoms with Crippen LogP contribution in [0.2, 0.25) is 10.0 Å². The predicted octanol–water partition coefficient (Wildman–Crippen LogP) is 3.96. The lowest BCUT2D eigenvalue weighted by Gasteiger charge is -2.15. The lowest BCUT2D eigenvalue weighted by molar-refractivity contribution is 0.0687. The molecule has 0 unspecified atom stereocenters. The van der Waals surface area contributed by atoms with E-state index in [0.717, 1.165) is 11.1 Å². The number of nitrogens with zero attached hydrogens (tertiary/aromatic N) is 3. The second kappa shape index (κ2) is 8.26. The van der Waals surface area contributed by atoms with Crippen LogP contribution < -0.4 is 10.6 Å². The summed E-state index contributed by atoms with van der Waals surface area (Å²) >= 11 is 12.9. The minimum absolute atomic E-state index is 0.0460. The van der Waals surface area contributed by atoms with E-state index in [0.29, 0.717) is 29.0 Å². The van der Waals surface area contributed by atoms with Crippen molar-refractivity contribution in [3.05, 3.63) is 76.2 Å². The van der Waals surface area contributed by atoms with Crippen LogP contribution in [0.5, 0.6) is 0 Å². The molecule has 9 heteroatoms. The summed E-state index contributed by atoms with van der Waals surface area (Å²) in [6.45, 7) is 3.95. The highest BCUT2D eigenvalue weighted by atomic mass is 35.5. The van der Waals surface area contributed by atoms with Crippen LogP contribution in [-0.2, 0) is 5.60 Å². The number of halogens is 2. The van der Waals surface area contributed by atoms with Crippen molar-refractivity contribution < 1.29 is 9.90 Å². The second-order valence-corrected chi connectivity index (χ2v) is 8.30. The molecular weight excluding hydrogens is 437 g/mol. The van der Waals surface area contributed by atoms with Gasteiger partial charge in [0.25, 0.3) is 5.91 Å². The summed E-state index contributed by atoms with van der Waals surface area (Å²) in [5.41, 5.74) is 1.60. The Bertz CT molecular complexity index is 1230. The van der Waals surface area contributed by atoms with E-state index in [1.165, 1.54) is 0 Å².